The molecule has 3 N–H and O–H groups in total. The standard InChI is InChI=1S/C19H17Cl2F2N5O.C5H10O/c1-9-15(11-4-3-5-13(20)14(11)21)27-19(26-9)28-18(29)12-6-10(7-24-2)8-25-16(12)17(22)23;1-5(2,3)4-6/h3-6,8,17,24H,7H2,1-2H3,(H2,26,27,28,29);4H,1-3H3. The quantitative estimate of drug-likeness (QED) is 0.331. The van der Waals surface area contributed by atoms with Crippen molar-refractivity contribution in [2.24, 2.45) is 5.41 Å². The zero-order valence-electron chi connectivity index (χ0n) is 20.0. The van der Waals surface area contributed by atoms with Crippen LogP contribution >= 0.6 is 23.2 Å². The highest BCUT2D eigenvalue weighted by atomic mass is 35.5. The highest BCUT2D eigenvalue weighted by Crippen LogP contribution is 2.34. The number of aromatic nitrogens is 3. The van der Waals surface area contributed by atoms with Gasteiger partial charge >= 0.3 is 0 Å². The van der Waals surface area contributed by atoms with Gasteiger partial charge in [-0.3, -0.25) is 15.1 Å². The number of benzene rings is 1. The van der Waals surface area contributed by atoms with Crippen molar-refractivity contribution in [1.82, 2.24) is 20.3 Å². The molecule has 0 aliphatic carbocycles. The minimum Gasteiger partial charge on any atom is -0.328 e. The molecule has 0 aliphatic rings. The van der Waals surface area contributed by atoms with Crippen molar-refractivity contribution in [2.75, 3.05) is 12.4 Å². The second-order valence-electron chi connectivity index (χ2n) is 8.71. The Bertz CT molecular complexity index is 1190. The monoisotopic (exact) mass is 525 g/mol. The summed E-state index contributed by atoms with van der Waals surface area (Å²) >= 11 is 12.3. The highest BCUT2D eigenvalue weighted by molar-refractivity contribution is 6.43. The van der Waals surface area contributed by atoms with Gasteiger partial charge < -0.3 is 15.1 Å². The number of imidazole rings is 1. The number of anilines is 1. The molecule has 2 aromatic heterocycles. The molecule has 0 fully saturated rings. The predicted molar refractivity (Wildman–Crippen MR) is 134 cm³/mol. The third-order valence-corrected chi connectivity index (χ3v) is 5.30. The number of aromatic amines is 1. The topological polar surface area (TPSA) is 99.8 Å². The van der Waals surface area contributed by atoms with Crippen LogP contribution in [-0.2, 0) is 11.3 Å². The van der Waals surface area contributed by atoms with Gasteiger partial charge in [-0.05, 0) is 31.7 Å². The van der Waals surface area contributed by atoms with E-state index in [2.05, 4.69) is 25.6 Å². The number of halogens is 4. The Labute approximate surface area is 212 Å². The third kappa shape index (κ3) is 7.81. The minimum absolute atomic E-state index is 0.0952. The average molecular weight is 526 g/mol. The number of pyridine rings is 1. The van der Waals surface area contributed by atoms with Crippen LogP contribution in [0.1, 0.15) is 54.5 Å². The molecule has 0 spiro atoms. The number of rotatable bonds is 6. The average Bonchev–Trinajstić information content (AvgIpc) is 3.15. The van der Waals surface area contributed by atoms with Crippen molar-refractivity contribution >= 4 is 41.3 Å². The Kier molecular flexibility index (Phi) is 9.88. The van der Waals surface area contributed by atoms with Gasteiger partial charge in [-0.2, -0.15) is 0 Å². The van der Waals surface area contributed by atoms with Gasteiger partial charge in [-0.15, -0.1) is 0 Å². The highest BCUT2D eigenvalue weighted by Gasteiger charge is 2.22. The zero-order chi connectivity index (χ0) is 26.3. The van der Waals surface area contributed by atoms with Crippen molar-refractivity contribution in [3.63, 3.8) is 0 Å². The second-order valence-corrected chi connectivity index (χ2v) is 9.49. The summed E-state index contributed by atoms with van der Waals surface area (Å²) in [6.07, 6.45) is -0.642. The molecule has 0 unspecified atom stereocenters. The Morgan fingerprint density at radius 1 is 1.26 bits per heavy atom. The van der Waals surface area contributed by atoms with Crippen LogP contribution in [0.25, 0.3) is 11.3 Å². The molecule has 7 nitrogen and oxygen atoms in total. The van der Waals surface area contributed by atoms with Gasteiger partial charge in [0, 0.05) is 29.4 Å². The van der Waals surface area contributed by atoms with E-state index in [4.69, 9.17) is 23.2 Å². The van der Waals surface area contributed by atoms with Gasteiger partial charge in [-0.25, -0.2) is 13.8 Å². The fourth-order valence-corrected chi connectivity index (χ4v) is 3.21. The van der Waals surface area contributed by atoms with E-state index in [-0.39, 0.29) is 16.9 Å². The number of carbonyl (C=O) groups is 2. The fourth-order valence-electron chi connectivity index (χ4n) is 2.82. The summed E-state index contributed by atoms with van der Waals surface area (Å²) in [6, 6.07) is 6.49. The van der Waals surface area contributed by atoms with Gasteiger partial charge in [0.1, 0.15) is 12.0 Å². The maximum atomic E-state index is 13.3. The number of hydrogen-bond donors (Lipinski definition) is 3. The summed E-state index contributed by atoms with van der Waals surface area (Å²) in [4.78, 5) is 33.5. The van der Waals surface area contributed by atoms with E-state index in [0.29, 0.717) is 39.1 Å². The Morgan fingerprint density at radius 3 is 2.49 bits per heavy atom. The van der Waals surface area contributed by atoms with Crippen molar-refractivity contribution < 1.29 is 18.4 Å². The molecular formula is C24H27Cl2F2N5O2. The van der Waals surface area contributed by atoms with Gasteiger partial charge in [-0.1, -0.05) is 56.1 Å². The predicted octanol–water partition coefficient (Wildman–Crippen LogP) is 6.23. The molecule has 0 radical (unpaired) electrons. The van der Waals surface area contributed by atoms with Crippen molar-refractivity contribution in [3.05, 3.63) is 63.0 Å². The van der Waals surface area contributed by atoms with Crippen LogP contribution in [0.2, 0.25) is 10.0 Å². The van der Waals surface area contributed by atoms with Crippen LogP contribution < -0.4 is 10.6 Å². The number of amides is 1. The minimum atomic E-state index is -2.89. The Hall–Kier alpha value is -2.88. The second kappa shape index (κ2) is 12.2. The van der Waals surface area contributed by atoms with Crippen molar-refractivity contribution in [2.45, 2.75) is 40.7 Å². The first-order valence-electron chi connectivity index (χ1n) is 10.6. The fraction of sp³-hybridized carbons (Fsp3) is 0.333. The molecule has 0 saturated carbocycles. The number of nitrogens with zero attached hydrogens (tertiary/aromatic N) is 2. The maximum absolute atomic E-state index is 13.3. The smallest absolute Gasteiger partial charge is 0.281 e. The molecule has 1 aromatic carbocycles. The van der Waals surface area contributed by atoms with E-state index in [9.17, 15) is 18.4 Å². The molecule has 0 bridgehead atoms. The SMILES string of the molecule is CC(C)(C)C=O.CNCc1cnc(C(F)F)c(C(=O)Nc2nc(-c3cccc(Cl)c3Cl)c(C)[nH]2)c1. The lowest BCUT2D eigenvalue weighted by Gasteiger charge is -2.10. The van der Waals surface area contributed by atoms with Crippen LogP contribution in [0.4, 0.5) is 14.7 Å². The Balaban J connectivity index is 0.000000641. The number of aldehydes is 1. The van der Waals surface area contributed by atoms with Crippen LogP contribution in [0, 0.1) is 12.3 Å². The maximum Gasteiger partial charge on any atom is 0.281 e. The molecule has 2 heterocycles. The van der Waals surface area contributed by atoms with Gasteiger partial charge in [0.05, 0.1) is 21.3 Å². The van der Waals surface area contributed by atoms with E-state index >= 15 is 0 Å². The number of carbonyl (C=O) groups excluding carboxylic acids is 2. The number of H-pyrrole nitrogens is 1. The molecule has 0 saturated heterocycles. The third-order valence-electron chi connectivity index (χ3n) is 4.48. The first-order valence-corrected chi connectivity index (χ1v) is 11.3. The lowest BCUT2D eigenvalue weighted by molar-refractivity contribution is -0.113. The zero-order valence-corrected chi connectivity index (χ0v) is 21.5. The van der Waals surface area contributed by atoms with Crippen LogP contribution in [0.5, 0.6) is 0 Å². The molecule has 0 atom stereocenters. The van der Waals surface area contributed by atoms with Gasteiger partial charge in [0.15, 0.2) is 0 Å². The van der Waals surface area contributed by atoms with Gasteiger partial charge in [0.25, 0.3) is 12.3 Å². The Morgan fingerprint density at radius 2 is 1.91 bits per heavy atom. The lowest BCUT2D eigenvalue weighted by atomic mass is 10.0. The molecule has 11 heteroatoms. The van der Waals surface area contributed by atoms with E-state index in [1.54, 1.807) is 32.2 Å². The molecule has 1 amide bonds. The number of alkyl halides is 2. The lowest BCUT2D eigenvalue weighted by Crippen LogP contribution is -2.18. The molecular weight excluding hydrogens is 499 g/mol. The normalized spacial score (nSPS) is 11.1. The number of aryl methyl sites for hydroxylation is 1. The van der Waals surface area contributed by atoms with Crippen molar-refractivity contribution in [1.29, 1.82) is 0 Å². The first-order chi connectivity index (χ1) is 16.4. The summed E-state index contributed by atoms with van der Waals surface area (Å²) in [7, 11) is 1.70. The summed E-state index contributed by atoms with van der Waals surface area (Å²) in [6.45, 7) is 7.75. The first kappa shape index (κ1) is 28.4. The van der Waals surface area contributed by atoms with Gasteiger partial charge in [0.2, 0.25) is 5.95 Å². The molecule has 35 heavy (non-hydrogen) atoms. The van der Waals surface area contributed by atoms with Crippen molar-refractivity contribution in [3.8, 4) is 11.3 Å². The van der Waals surface area contributed by atoms with E-state index in [1.165, 1.54) is 12.3 Å². The molecule has 3 rings (SSSR count). The molecule has 3 aromatic rings. The summed E-state index contributed by atoms with van der Waals surface area (Å²) in [5.41, 5.74) is 1.35. The molecule has 0 aliphatic heterocycles. The molecule has 188 valence electrons. The van der Waals surface area contributed by atoms with E-state index in [1.807, 2.05) is 20.8 Å². The van der Waals surface area contributed by atoms with Crippen LogP contribution in [-0.4, -0.2) is 34.2 Å². The van der Waals surface area contributed by atoms with Crippen LogP contribution in [0.15, 0.2) is 30.5 Å². The summed E-state index contributed by atoms with van der Waals surface area (Å²) in [5, 5.41) is 6.09. The van der Waals surface area contributed by atoms with E-state index in [0.717, 1.165) is 6.29 Å². The number of hydrogen-bond acceptors (Lipinski definition) is 5. The largest absolute Gasteiger partial charge is 0.328 e. The summed E-state index contributed by atoms with van der Waals surface area (Å²) in [5.74, 6) is -0.652. The summed E-state index contributed by atoms with van der Waals surface area (Å²) < 4.78 is 26.6. The number of nitrogens with one attached hydrogen (secondary N) is 3. The van der Waals surface area contributed by atoms with Crippen LogP contribution in [0.3, 0.4) is 0 Å². The van der Waals surface area contributed by atoms with E-state index < -0.39 is 18.0 Å².